The van der Waals surface area contributed by atoms with E-state index in [4.69, 9.17) is 0 Å². The van der Waals surface area contributed by atoms with Gasteiger partial charge in [-0.15, -0.1) is 0 Å². The average molecular weight is 467 g/mol. The maximum atomic E-state index is 3.71. The maximum Gasteiger partial charge on any atom is 0.0175 e. The van der Waals surface area contributed by atoms with Crippen LogP contribution in [0.1, 0.15) is 17.5 Å². The number of benzene rings is 1. The van der Waals surface area contributed by atoms with Gasteiger partial charge in [0.05, 0.1) is 0 Å². The van der Waals surface area contributed by atoms with Crippen LogP contribution in [0.2, 0.25) is 0 Å². The number of rotatable bonds is 6. The monoisotopic (exact) mass is 464 g/mol. The minimum absolute atomic E-state index is 0.155. The van der Waals surface area contributed by atoms with E-state index >= 15 is 0 Å². The molecule has 0 saturated carbocycles. The van der Waals surface area contributed by atoms with E-state index in [1.807, 2.05) is 0 Å². The van der Waals surface area contributed by atoms with Crippen molar-refractivity contribution in [1.29, 1.82) is 0 Å². The van der Waals surface area contributed by atoms with Crippen molar-refractivity contribution in [1.82, 2.24) is 0 Å². The van der Waals surface area contributed by atoms with E-state index < -0.39 is 0 Å². The first kappa shape index (κ1) is 15.7. The summed E-state index contributed by atoms with van der Waals surface area (Å²) in [7, 11) is 0. The lowest BCUT2D eigenvalue weighted by Gasteiger charge is -2.31. The summed E-state index contributed by atoms with van der Waals surface area (Å²) in [6, 6.07) is 10.9. The summed E-state index contributed by atoms with van der Waals surface area (Å²) >= 11 is 12.7. The molecular weight excluding hydrogens is 452 g/mol. The first-order valence-electron chi connectivity index (χ1n) is 6.09. The fourth-order valence-corrected chi connectivity index (χ4v) is 5.19. The highest BCUT2D eigenvalue weighted by Crippen LogP contribution is 2.34. The molecule has 0 amide bonds. The number of hydrogen-bond donors (Lipinski definition) is 0. The first-order chi connectivity index (χ1) is 9.20. The number of thiophene rings is 1. The predicted octanol–water partition coefficient (Wildman–Crippen LogP) is 6.17. The van der Waals surface area contributed by atoms with Gasteiger partial charge in [0.2, 0.25) is 0 Å². The third-order valence-electron chi connectivity index (χ3n) is 3.44. The molecule has 2 rings (SSSR count). The molecule has 0 fully saturated rings. The van der Waals surface area contributed by atoms with Gasteiger partial charge in [0.15, 0.2) is 0 Å². The van der Waals surface area contributed by atoms with Gasteiger partial charge in [0.1, 0.15) is 0 Å². The number of aryl methyl sites for hydroxylation is 1. The highest BCUT2D eigenvalue weighted by molar-refractivity contribution is 9.10. The Hall–Kier alpha value is 0.360. The maximum absolute atomic E-state index is 3.71. The van der Waals surface area contributed by atoms with E-state index in [0.29, 0.717) is 0 Å². The minimum atomic E-state index is 0.155. The average Bonchev–Trinajstić information content (AvgIpc) is 2.95. The molecule has 19 heavy (non-hydrogen) atoms. The second kappa shape index (κ2) is 7.39. The zero-order valence-corrected chi connectivity index (χ0v) is 16.0. The van der Waals surface area contributed by atoms with Crippen LogP contribution in [0.3, 0.4) is 0 Å². The fourth-order valence-electron chi connectivity index (χ4n) is 2.09. The Bertz CT molecular complexity index is 487. The van der Waals surface area contributed by atoms with Crippen molar-refractivity contribution in [3.8, 4) is 0 Å². The number of hydrogen-bond acceptors (Lipinski definition) is 1. The summed E-state index contributed by atoms with van der Waals surface area (Å²) in [4.78, 5) is 0. The smallest absolute Gasteiger partial charge is 0.0175 e. The molecule has 0 aliphatic carbocycles. The molecule has 1 aromatic heterocycles. The van der Waals surface area contributed by atoms with Gasteiger partial charge in [0.25, 0.3) is 0 Å². The van der Waals surface area contributed by atoms with E-state index in [1.54, 1.807) is 11.3 Å². The topological polar surface area (TPSA) is 0 Å². The standard InChI is InChI=1S/C15H15Br3S/c16-10-15(11-17,7-5-12-6-8-19-9-12)13-1-3-14(18)4-2-13/h1-4,6,8-9H,5,7,10-11H2. The summed E-state index contributed by atoms with van der Waals surface area (Å²) in [5.74, 6) is 0. The van der Waals surface area contributed by atoms with Gasteiger partial charge in [0, 0.05) is 20.5 Å². The Balaban J connectivity index is 2.19. The van der Waals surface area contributed by atoms with Crippen molar-refractivity contribution in [2.45, 2.75) is 18.3 Å². The first-order valence-corrected chi connectivity index (χ1v) is 10.1. The highest BCUT2D eigenvalue weighted by atomic mass is 79.9. The van der Waals surface area contributed by atoms with E-state index in [-0.39, 0.29) is 5.41 Å². The van der Waals surface area contributed by atoms with Gasteiger partial charge < -0.3 is 0 Å². The van der Waals surface area contributed by atoms with Gasteiger partial charge >= 0.3 is 0 Å². The van der Waals surface area contributed by atoms with E-state index in [1.165, 1.54) is 11.1 Å². The summed E-state index contributed by atoms with van der Waals surface area (Å²) in [6.45, 7) is 0. The zero-order chi connectivity index (χ0) is 13.7. The van der Waals surface area contributed by atoms with Crippen LogP contribution >= 0.6 is 59.1 Å². The van der Waals surface area contributed by atoms with E-state index in [2.05, 4.69) is 88.9 Å². The lowest BCUT2D eigenvalue weighted by atomic mass is 9.80. The van der Waals surface area contributed by atoms with Crippen molar-refractivity contribution < 1.29 is 0 Å². The molecule has 102 valence electrons. The van der Waals surface area contributed by atoms with E-state index in [9.17, 15) is 0 Å². The molecule has 0 bridgehead atoms. The van der Waals surface area contributed by atoms with Crippen LogP contribution in [0.5, 0.6) is 0 Å². The Morgan fingerprint density at radius 2 is 1.68 bits per heavy atom. The van der Waals surface area contributed by atoms with Crippen molar-refractivity contribution >= 4 is 59.1 Å². The molecule has 0 spiro atoms. The third kappa shape index (κ3) is 3.93. The molecule has 0 atom stereocenters. The second-order valence-corrected chi connectivity index (χ2v) is 7.50. The highest BCUT2D eigenvalue weighted by Gasteiger charge is 2.29. The fraction of sp³-hybridized carbons (Fsp3) is 0.333. The molecule has 0 N–H and O–H groups in total. The number of alkyl halides is 2. The predicted molar refractivity (Wildman–Crippen MR) is 96.0 cm³/mol. The van der Waals surface area contributed by atoms with Crippen molar-refractivity contribution in [2.75, 3.05) is 10.7 Å². The zero-order valence-electron chi connectivity index (χ0n) is 10.4. The minimum Gasteiger partial charge on any atom is -0.152 e. The van der Waals surface area contributed by atoms with Gasteiger partial charge in [-0.05, 0) is 52.9 Å². The quantitative estimate of drug-likeness (QED) is 0.446. The van der Waals surface area contributed by atoms with Crippen LogP contribution in [0.15, 0.2) is 45.6 Å². The molecular formula is C15H15Br3S. The van der Waals surface area contributed by atoms with Crippen molar-refractivity contribution in [3.63, 3.8) is 0 Å². The molecule has 0 aliphatic heterocycles. The Morgan fingerprint density at radius 3 is 2.21 bits per heavy atom. The summed E-state index contributed by atoms with van der Waals surface area (Å²) in [5.41, 5.74) is 2.98. The van der Waals surface area contributed by atoms with Gasteiger partial charge in [-0.3, -0.25) is 0 Å². The molecule has 1 heterocycles. The summed E-state index contributed by atoms with van der Waals surface area (Å²) < 4.78 is 1.13. The molecule has 2 aromatic rings. The van der Waals surface area contributed by atoms with Crippen LogP contribution in [0.25, 0.3) is 0 Å². The Labute approximate surface area is 144 Å². The third-order valence-corrected chi connectivity index (χ3v) is 6.85. The lowest BCUT2D eigenvalue weighted by molar-refractivity contribution is 0.505. The largest absolute Gasteiger partial charge is 0.152 e. The Kier molecular flexibility index (Phi) is 6.12. The lowest BCUT2D eigenvalue weighted by Crippen LogP contribution is -2.30. The van der Waals surface area contributed by atoms with E-state index in [0.717, 1.165) is 28.0 Å². The molecule has 1 aromatic carbocycles. The van der Waals surface area contributed by atoms with Crippen molar-refractivity contribution in [2.24, 2.45) is 0 Å². The molecule has 0 nitrogen and oxygen atoms in total. The SMILES string of the molecule is BrCC(CBr)(CCc1ccsc1)c1ccc(Br)cc1. The molecule has 0 unspecified atom stereocenters. The van der Waals surface area contributed by atoms with Crippen LogP contribution in [-0.4, -0.2) is 10.7 Å². The molecule has 0 saturated heterocycles. The van der Waals surface area contributed by atoms with Crippen LogP contribution in [0, 0.1) is 0 Å². The molecule has 0 aliphatic rings. The van der Waals surface area contributed by atoms with Crippen LogP contribution in [-0.2, 0) is 11.8 Å². The molecule has 0 radical (unpaired) electrons. The van der Waals surface area contributed by atoms with Crippen molar-refractivity contribution in [3.05, 3.63) is 56.7 Å². The van der Waals surface area contributed by atoms with Gasteiger partial charge in [-0.2, -0.15) is 11.3 Å². The van der Waals surface area contributed by atoms with Gasteiger partial charge in [-0.1, -0.05) is 59.9 Å². The number of halogens is 3. The van der Waals surface area contributed by atoms with Crippen LogP contribution in [0.4, 0.5) is 0 Å². The van der Waals surface area contributed by atoms with Crippen LogP contribution < -0.4 is 0 Å². The Morgan fingerprint density at radius 1 is 1.00 bits per heavy atom. The normalized spacial score (nSPS) is 11.7. The summed E-state index contributed by atoms with van der Waals surface area (Å²) in [5, 5.41) is 6.34. The van der Waals surface area contributed by atoms with Gasteiger partial charge in [-0.25, -0.2) is 0 Å². The summed E-state index contributed by atoms with van der Waals surface area (Å²) in [6.07, 6.45) is 2.26. The second-order valence-electron chi connectivity index (χ2n) is 4.69. The molecule has 4 heteroatoms.